The molecule has 0 aliphatic heterocycles. The molecule has 0 aliphatic carbocycles. The van der Waals surface area contributed by atoms with E-state index in [1.165, 1.54) is 42.9 Å². The van der Waals surface area contributed by atoms with Gasteiger partial charge >= 0.3 is 0 Å². The van der Waals surface area contributed by atoms with Crippen molar-refractivity contribution in [3.8, 4) is 22.5 Å². The van der Waals surface area contributed by atoms with E-state index in [2.05, 4.69) is 20.3 Å². The molecule has 40 heavy (non-hydrogen) atoms. The summed E-state index contributed by atoms with van der Waals surface area (Å²) >= 11 is 7.47. The fraction of sp³-hybridized carbons (Fsp3) is 0.308. The van der Waals surface area contributed by atoms with Crippen LogP contribution in [-0.4, -0.2) is 72.6 Å². The fourth-order valence-corrected chi connectivity index (χ4v) is 5.21. The first-order valence-corrected chi connectivity index (χ1v) is 13.2. The third-order valence-electron chi connectivity index (χ3n) is 5.83. The first kappa shape index (κ1) is 29.9. The Morgan fingerprint density at radius 3 is 2.40 bits per heavy atom. The molecule has 0 bridgehead atoms. The maximum atomic E-state index is 13.7. The van der Waals surface area contributed by atoms with Gasteiger partial charge in [0, 0.05) is 41.7 Å². The van der Waals surface area contributed by atoms with E-state index in [9.17, 15) is 23.4 Å². The van der Waals surface area contributed by atoms with Crippen LogP contribution in [0.15, 0.2) is 60.0 Å². The van der Waals surface area contributed by atoms with Crippen molar-refractivity contribution in [1.29, 1.82) is 0 Å². The molecule has 3 aromatic heterocycles. The van der Waals surface area contributed by atoms with E-state index < -0.39 is 47.8 Å². The maximum absolute atomic E-state index is 13.7. The van der Waals surface area contributed by atoms with Crippen LogP contribution in [-0.2, 0) is 16.0 Å². The molecular formula is C26H25ClF3N5O4S. The van der Waals surface area contributed by atoms with Gasteiger partial charge in [-0.1, -0.05) is 28.6 Å². The molecule has 4 rings (SSSR count). The number of aromatic nitrogens is 5. The number of thioether (sulfide) groups is 1. The number of halogens is 4. The summed E-state index contributed by atoms with van der Waals surface area (Å²) in [5.74, 6) is -4.28. The first-order valence-electron chi connectivity index (χ1n) is 11.9. The molecule has 14 heteroatoms. The number of hydrogen-bond donors (Lipinski definition) is 2. The summed E-state index contributed by atoms with van der Waals surface area (Å²) < 4.78 is 54.1. The van der Waals surface area contributed by atoms with Crippen LogP contribution in [0.3, 0.4) is 0 Å². The molecule has 3 heterocycles. The topological polar surface area (TPSA) is 115 Å². The zero-order chi connectivity index (χ0) is 28.8. The van der Waals surface area contributed by atoms with E-state index in [-0.39, 0.29) is 17.8 Å². The summed E-state index contributed by atoms with van der Waals surface area (Å²) in [7, 11) is 1.44. The predicted octanol–water partition coefficient (Wildman–Crippen LogP) is 4.36. The first-order chi connectivity index (χ1) is 19.2. The average molecular weight is 596 g/mol. The van der Waals surface area contributed by atoms with Crippen molar-refractivity contribution in [1.82, 2.24) is 25.0 Å². The normalized spacial score (nSPS) is 14.6. The zero-order valence-corrected chi connectivity index (χ0v) is 22.9. The van der Waals surface area contributed by atoms with Gasteiger partial charge in [0.05, 0.1) is 36.2 Å². The number of pyridine rings is 2. The Morgan fingerprint density at radius 1 is 1.07 bits per heavy atom. The van der Waals surface area contributed by atoms with Crippen molar-refractivity contribution < 1.29 is 32.9 Å². The molecule has 212 valence electrons. The van der Waals surface area contributed by atoms with E-state index in [1.54, 1.807) is 30.6 Å². The molecule has 9 nitrogen and oxygen atoms in total. The SMILES string of the molecule is CO[C@@H](Cn1cc(-c2cc(F)c(F)c(F)c2)nn1)C(OC(CO)[C@@H](C)O)Sc1cc(Cl)cnc1-c1ccncc1. The Morgan fingerprint density at radius 2 is 1.77 bits per heavy atom. The fourth-order valence-electron chi connectivity index (χ4n) is 3.71. The third-order valence-corrected chi connectivity index (χ3v) is 7.25. The number of nitrogens with zero attached hydrogens (tertiary/aromatic N) is 5. The Bertz CT molecular complexity index is 1410. The number of aliphatic hydroxyl groups excluding tert-OH is 2. The van der Waals surface area contributed by atoms with Gasteiger partial charge in [-0.2, -0.15) is 0 Å². The zero-order valence-electron chi connectivity index (χ0n) is 21.3. The summed E-state index contributed by atoms with van der Waals surface area (Å²) in [4.78, 5) is 9.14. The number of ether oxygens (including phenoxy) is 2. The van der Waals surface area contributed by atoms with Crippen LogP contribution in [0, 0.1) is 17.5 Å². The van der Waals surface area contributed by atoms with Crippen molar-refractivity contribution >= 4 is 23.4 Å². The van der Waals surface area contributed by atoms with Crippen LogP contribution < -0.4 is 0 Å². The highest BCUT2D eigenvalue weighted by molar-refractivity contribution is 8.00. The van der Waals surface area contributed by atoms with Crippen molar-refractivity contribution in [3.05, 3.63) is 77.6 Å². The minimum atomic E-state index is -1.58. The lowest BCUT2D eigenvalue weighted by Crippen LogP contribution is -2.40. The standard InChI is InChI=1S/C26H25ClF3N5O4S/c1-14(37)22(13-36)39-26(40-23-9-17(27)10-32-25(23)15-3-5-31-6-4-15)21(38-2)12-35-11-20(33-34-35)16-7-18(28)24(30)19(29)8-16/h3-11,14,21-22,26,36-37H,12-13H2,1-2H3/t14-,21+,22?,26?/m1/s1. The van der Waals surface area contributed by atoms with Gasteiger partial charge < -0.3 is 19.7 Å². The Labute approximate surface area is 236 Å². The number of hydrogen-bond acceptors (Lipinski definition) is 9. The molecule has 0 aliphatic rings. The molecule has 2 unspecified atom stereocenters. The number of aliphatic hydroxyl groups is 2. The van der Waals surface area contributed by atoms with Crippen molar-refractivity contribution in [2.24, 2.45) is 0 Å². The molecule has 4 aromatic rings. The molecular weight excluding hydrogens is 571 g/mol. The second-order valence-corrected chi connectivity index (χ2v) is 10.3. The lowest BCUT2D eigenvalue weighted by Gasteiger charge is -2.30. The molecule has 4 atom stereocenters. The molecule has 0 spiro atoms. The van der Waals surface area contributed by atoms with Gasteiger partial charge in [0.1, 0.15) is 23.3 Å². The van der Waals surface area contributed by atoms with Crippen molar-refractivity contribution in [3.63, 3.8) is 0 Å². The van der Waals surface area contributed by atoms with Gasteiger partial charge in [-0.25, -0.2) is 17.9 Å². The number of benzene rings is 1. The number of rotatable bonds is 12. The van der Waals surface area contributed by atoms with Crippen LogP contribution >= 0.6 is 23.4 Å². The van der Waals surface area contributed by atoms with E-state index in [0.29, 0.717) is 15.6 Å². The van der Waals surface area contributed by atoms with Crippen LogP contribution in [0.5, 0.6) is 0 Å². The Kier molecular flexibility index (Phi) is 10.1. The second-order valence-electron chi connectivity index (χ2n) is 8.67. The van der Waals surface area contributed by atoms with E-state index >= 15 is 0 Å². The van der Waals surface area contributed by atoms with Gasteiger partial charge in [0.25, 0.3) is 0 Å². The summed E-state index contributed by atoms with van der Waals surface area (Å²) in [6.07, 6.45) is 3.46. The van der Waals surface area contributed by atoms with Crippen LogP contribution in [0.2, 0.25) is 5.02 Å². The highest BCUT2D eigenvalue weighted by atomic mass is 35.5. The van der Waals surface area contributed by atoms with Crippen LogP contribution in [0.1, 0.15) is 6.92 Å². The van der Waals surface area contributed by atoms with Gasteiger partial charge in [-0.05, 0) is 37.3 Å². The molecule has 2 N–H and O–H groups in total. The smallest absolute Gasteiger partial charge is 0.194 e. The lowest BCUT2D eigenvalue weighted by molar-refractivity contribution is -0.105. The summed E-state index contributed by atoms with van der Waals surface area (Å²) in [6, 6.07) is 6.93. The maximum Gasteiger partial charge on any atom is 0.194 e. The van der Waals surface area contributed by atoms with Gasteiger partial charge in [0.2, 0.25) is 0 Å². The quantitative estimate of drug-likeness (QED) is 0.140. The van der Waals surface area contributed by atoms with Crippen molar-refractivity contribution in [2.45, 2.75) is 42.1 Å². The highest BCUT2D eigenvalue weighted by Gasteiger charge is 2.31. The molecule has 0 fully saturated rings. The third kappa shape index (κ3) is 7.16. The monoisotopic (exact) mass is 595 g/mol. The lowest BCUT2D eigenvalue weighted by atomic mass is 10.1. The molecule has 0 amide bonds. The van der Waals surface area contributed by atoms with Gasteiger partial charge in [-0.15, -0.1) is 5.10 Å². The van der Waals surface area contributed by atoms with Crippen molar-refractivity contribution in [2.75, 3.05) is 13.7 Å². The van der Waals surface area contributed by atoms with E-state index in [4.69, 9.17) is 21.1 Å². The van der Waals surface area contributed by atoms with Gasteiger partial charge in [-0.3, -0.25) is 9.97 Å². The molecule has 0 radical (unpaired) electrons. The largest absolute Gasteiger partial charge is 0.394 e. The molecule has 0 saturated heterocycles. The molecule has 0 saturated carbocycles. The van der Waals surface area contributed by atoms with E-state index in [0.717, 1.165) is 17.7 Å². The average Bonchev–Trinajstić information content (AvgIpc) is 3.41. The second kappa shape index (κ2) is 13.5. The Hall–Kier alpha value is -3.07. The minimum absolute atomic E-state index is 0.000219. The molecule has 1 aromatic carbocycles. The van der Waals surface area contributed by atoms with Crippen LogP contribution in [0.25, 0.3) is 22.5 Å². The Balaban J connectivity index is 1.65. The van der Waals surface area contributed by atoms with Crippen LogP contribution in [0.4, 0.5) is 13.2 Å². The summed E-state index contributed by atoms with van der Waals surface area (Å²) in [5.41, 5.74) is 0.636. The summed E-state index contributed by atoms with van der Waals surface area (Å²) in [6.45, 7) is 1.06. The highest BCUT2D eigenvalue weighted by Crippen LogP contribution is 2.37. The predicted molar refractivity (Wildman–Crippen MR) is 142 cm³/mol. The number of methoxy groups -OCH3 is 1. The summed E-state index contributed by atoms with van der Waals surface area (Å²) in [5, 5.41) is 28.3. The minimum Gasteiger partial charge on any atom is -0.394 e. The van der Waals surface area contributed by atoms with E-state index in [1.807, 2.05) is 0 Å². The van der Waals surface area contributed by atoms with Gasteiger partial charge in [0.15, 0.2) is 17.5 Å².